The number of methoxy groups -OCH3 is 1. The number of carbonyl (C=O) groups excluding carboxylic acids is 4. The zero-order valence-electron chi connectivity index (χ0n) is 32.1. The molecule has 3 aromatic rings. The Morgan fingerprint density at radius 3 is 2.58 bits per heavy atom. The maximum Gasteiger partial charge on any atom is 0.408 e. The summed E-state index contributed by atoms with van der Waals surface area (Å²) in [6.07, 6.45) is 10.8. The lowest BCUT2D eigenvalue weighted by Gasteiger charge is -2.29. The number of rotatable bonds is 9. The quantitative estimate of drug-likeness (QED) is 0.203. The first kappa shape index (κ1) is 38.6. The van der Waals surface area contributed by atoms with Crippen molar-refractivity contribution in [2.75, 3.05) is 19.0 Å². The van der Waals surface area contributed by atoms with Gasteiger partial charge in [-0.25, -0.2) is 14.8 Å². The van der Waals surface area contributed by atoms with Crippen LogP contribution in [0, 0.1) is 5.92 Å². The Bertz CT molecular complexity index is 1940. The molecule has 55 heavy (non-hydrogen) atoms. The number of aromatic nitrogens is 2. The van der Waals surface area contributed by atoms with Gasteiger partial charge in [0.05, 0.1) is 24.9 Å². The molecular weight excluding hydrogens is 721 g/mol. The second kappa shape index (κ2) is 16.6. The number of alkyl carbamates (subject to hydrolysis) is 1. The Kier molecular flexibility index (Phi) is 11.6. The first-order valence-corrected chi connectivity index (χ1v) is 20.6. The molecule has 2 saturated carbocycles. The number of hydrogen-bond donors (Lipinski definition) is 3. The van der Waals surface area contributed by atoms with E-state index in [1.165, 1.54) is 23.2 Å². The van der Waals surface area contributed by atoms with Gasteiger partial charge in [0.1, 0.15) is 47.0 Å². The molecule has 4 aliphatic rings. The lowest BCUT2D eigenvalue weighted by atomic mass is 10.0. The number of fused-ring (bicyclic) bond motifs is 3. The van der Waals surface area contributed by atoms with Crippen molar-refractivity contribution in [2.45, 2.75) is 127 Å². The van der Waals surface area contributed by atoms with E-state index < -0.39 is 35.7 Å². The number of pyridine rings is 1. The van der Waals surface area contributed by atoms with E-state index in [1.807, 2.05) is 35.7 Å². The number of benzene rings is 1. The average Bonchev–Trinajstić information content (AvgIpc) is 3.58. The van der Waals surface area contributed by atoms with Gasteiger partial charge in [0.2, 0.25) is 11.8 Å². The summed E-state index contributed by atoms with van der Waals surface area (Å²) in [6.45, 7) is 5.70. The summed E-state index contributed by atoms with van der Waals surface area (Å²) in [5, 5.41) is 12.7. The molecule has 7 rings (SSSR count). The predicted octanol–water partition coefficient (Wildman–Crippen LogP) is 6.56. The second-order valence-electron chi connectivity index (χ2n) is 15.6. The normalized spacial score (nSPS) is 26.7. The van der Waals surface area contributed by atoms with Crippen molar-refractivity contribution >= 4 is 51.1 Å². The molecule has 3 amide bonds. The number of amides is 3. The molecule has 2 aromatic heterocycles. The van der Waals surface area contributed by atoms with Gasteiger partial charge in [0.15, 0.2) is 10.9 Å². The highest BCUT2D eigenvalue weighted by atomic mass is 32.1. The highest BCUT2D eigenvalue weighted by Crippen LogP contribution is 2.46. The van der Waals surface area contributed by atoms with E-state index >= 15 is 0 Å². The number of carbonyl (C=O) groups is 4. The minimum Gasteiger partial charge on any atom is -0.497 e. The molecule has 3 fully saturated rings. The van der Waals surface area contributed by atoms with Crippen molar-refractivity contribution in [3.05, 3.63) is 41.8 Å². The number of nitrogens with one attached hydrogen (secondary N) is 3. The SMILES string of the molecule is COc1ccc2c(O[C@@H]3C[C@H]4C(=O)N[C@]5(C(C)=O)C[C@@H]5/C=C\CCCCC[C@H](NC(=O)OC5CCCC5)C(=O)N4C3)cc(-c3csc(NC(C)C)n3)nc2c1. The Labute approximate surface area is 326 Å². The standard InChI is InChI=1S/C41H52N6O7S/c1-24(2)42-39-44-34(23-55-39)33-20-36(30-17-16-28(52-4)18-32(30)43-33)53-29-19-35-37(49)46-41(25(3)48)21-26(41)12-8-6-5-7-9-15-31(38(50)47(35)22-29)45-40(51)54-27-13-10-11-14-27/h8,12,16-18,20,23-24,26-27,29,31,35H,5-7,9-11,13-15,19,21-22H2,1-4H3,(H,42,44)(H,45,51)(H,46,49)/b12-8-/t26-,29+,31-,35-,41-/m0/s1. The maximum atomic E-state index is 14.6. The van der Waals surface area contributed by atoms with Crippen molar-refractivity contribution in [1.29, 1.82) is 0 Å². The number of ketones is 1. The number of nitrogens with zero attached hydrogens (tertiary/aromatic N) is 3. The molecule has 0 unspecified atom stereocenters. The number of thiazole rings is 1. The Morgan fingerprint density at radius 1 is 1.02 bits per heavy atom. The lowest BCUT2D eigenvalue weighted by molar-refractivity contribution is -0.141. The molecule has 2 aliphatic carbocycles. The van der Waals surface area contributed by atoms with E-state index in [1.54, 1.807) is 7.11 Å². The molecule has 5 atom stereocenters. The summed E-state index contributed by atoms with van der Waals surface area (Å²) in [6, 6.07) is 5.78. The fourth-order valence-electron chi connectivity index (χ4n) is 8.09. The topological polar surface area (TPSA) is 161 Å². The number of ether oxygens (including phenoxy) is 3. The van der Waals surface area contributed by atoms with Gasteiger partial charge in [-0.05, 0) is 84.3 Å². The Balaban J connectivity index is 1.20. The van der Waals surface area contributed by atoms with Gasteiger partial charge in [0, 0.05) is 41.3 Å². The third-order valence-corrected chi connectivity index (χ3v) is 12.0. The fourth-order valence-corrected chi connectivity index (χ4v) is 8.94. The first-order valence-electron chi connectivity index (χ1n) is 19.7. The van der Waals surface area contributed by atoms with E-state index in [-0.39, 0.29) is 42.7 Å². The van der Waals surface area contributed by atoms with Crippen LogP contribution in [0.5, 0.6) is 11.5 Å². The van der Waals surface area contributed by atoms with E-state index in [0.29, 0.717) is 47.7 Å². The largest absolute Gasteiger partial charge is 0.497 e. The molecule has 14 heteroatoms. The van der Waals surface area contributed by atoms with E-state index in [2.05, 4.69) is 35.9 Å². The van der Waals surface area contributed by atoms with Crippen LogP contribution in [-0.2, 0) is 19.1 Å². The van der Waals surface area contributed by atoms with Crippen LogP contribution < -0.4 is 25.4 Å². The van der Waals surface area contributed by atoms with Crippen molar-refractivity contribution in [3.63, 3.8) is 0 Å². The van der Waals surface area contributed by atoms with Gasteiger partial charge in [0.25, 0.3) is 0 Å². The van der Waals surface area contributed by atoms with Crippen LogP contribution in [0.3, 0.4) is 0 Å². The molecule has 2 aliphatic heterocycles. The van der Waals surface area contributed by atoms with Gasteiger partial charge < -0.3 is 35.1 Å². The summed E-state index contributed by atoms with van der Waals surface area (Å²) < 4.78 is 18.0. The van der Waals surface area contributed by atoms with Crippen molar-refractivity contribution in [3.8, 4) is 22.9 Å². The molecule has 1 saturated heterocycles. The minimum atomic E-state index is -1.00. The molecule has 1 aromatic carbocycles. The maximum absolute atomic E-state index is 14.6. The molecule has 294 valence electrons. The summed E-state index contributed by atoms with van der Waals surface area (Å²) in [4.78, 5) is 66.3. The summed E-state index contributed by atoms with van der Waals surface area (Å²) in [7, 11) is 1.60. The molecule has 0 radical (unpaired) electrons. The molecular formula is C41H52N6O7S. The third-order valence-electron chi connectivity index (χ3n) is 11.2. The van der Waals surface area contributed by atoms with Crippen LogP contribution in [-0.4, -0.2) is 88.1 Å². The van der Waals surface area contributed by atoms with Crippen molar-refractivity contribution in [1.82, 2.24) is 25.5 Å². The average molecular weight is 773 g/mol. The molecule has 0 spiro atoms. The summed E-state index contributed by atoms with van der Waals surface area (Å²) in [5.41, 5.74) is 0.918. The molecule has 13 nitrogen and oxygen atoms in total. The van der Waals surface area contributed by atoms with Crippen LogP contribution in [0.15, 0.2) is 41.8 Å². The predicted molar refractivity (Wildman–Crippen MR) is 210 cm³/mol. The second-order valence-corrected chi connectivity index (χ2v) is 16.5. The highest BCUT2D eigenvalue weighted by Gasteiger charge is 2.59. The first-order chi connectivity index (χ1) is 26.5. The Morgan fingerprint density at radius 2 is 1.82 bits per heavy atom. The number of Topliss-reactive ketones (excluding diaryl/α,β-unsaturated/α-hetero) is 1. The van der Waals surface area contributed by atoms with Gasteiger partial charge in [-0.2, -0.15) is 0 Å². The van der Waals surface area contributed by atoms with E-state index in [0.717, 1.165) is 55.5 Å². The lowest BCUT2D eigenvalue weighted by Crippen LogP contribution is -2.56. The summed E-state index contributed by atoms with van der Waals surface area (Å²) in [5.74, 6) is 0.164. The van der Waals surface area contributed by atoms with Gasteiger partial charge in [-0.15, -0.1) is 11.3 Å². The van der Waals surface area contributed by atoms with Gasteiger partial charge in [-0.1, -0.05) is 25.0 Å². The van der Waals surface area contributed by atoms with E-state index in [4.69, 9.17) is 24.2 Å². The monoisotopic (exact) mass is 772 g/mol. The van der Waals surface area contributed by atoms with Crippen molar-refractivity contribution < 1.29 is 33.4 Å². The Hall–Kier alpha value is -4.72. The molecule has 3 N–H and O–H groups in total. The van der Waals surface area contributed by atoms with Crippen molar-refractivity contribution in [2.24, 2.45) is 5.92 Å². The van der Waals surface area contributed by atoms with Crippen LogP contribution >= 0.6 is 11.3 Å². The van der Waals surface area contributed by atoms with Crippen LogP contribution in [0.1, 0.15) is 91.4 Å². The third kappa shape index (κ3) is 8.74. The van der Waals surface area contributed by atoms with Crippen LogP contribution in [0.25, 0.3) is 22.3 Å². The minimum absolute atomic E-state index is 0.0949. The molecule has 0 bridgehead atoms. The van der Waals surface area contributed by atoms with Gasteiger partial charge in [-0.3, -0.25) is 14.4 Å². The van der Waals surface area contributed by atoms with Gasteiger partial charge >= 0.3 is 6.09 Å². The zero-order chi connectivity index (χ0) is 38.7. The van der Waals surface area contributed by atoms with Crippen LogP contribution in [0.4, 0.5) is 9.93 Å². The molecule has 4 heterocycles. The number of allylic oxidation sites excluding steroid dienone is 1. The van der Waals surface area contributed by atoms with Crippen LogP contribution in [0.2, 0.25) is 0 Å². The number of hydrogen-bond acceptors (Lipinski definition) is 11. The number of anilines is 1. The highest BCUT2D eigenvalue weighted by molar-refractivity contribution is 7.14. The fraction of sp³-hybridized carbons (Fsp3) is 0.561. The zero-order valence-corrected chi connectivity index (χ0v) is 32.9. The summed E-state index contributed by atoms with van der Waals surface area (Å²) >= 11 is 1.49. The van der Waals surface area contributed by atoms with E-state index in [9.17, 15) is 19.2 Å². The smallest absolute Gasteiger partial charge is 0.408 e.